The van der Waals surface area contributed by atoms with Gasteiger partial charge in [-0.25, -0.2) is 0 Å². The van der Waals surface area contributed by atoms with Crippen molar-refractivity contribution in [2.24, 2.45) is 0 Å². The van der Waals surface area contributed by atoms with Gasteiger partial charge < -0.3 is 9.80 Å². The molecule has 1 aliphatic rings. The second kappa shape index (κ2) is 14.1. The van der Waals surface area contributed by atoms with E-state index in [1.54, 1.807) is 21.6 Å². The zero-order valence-electron chi connectivity index (χ0n) is 24.4. The van der Waals surface area contributed by atoms with Gasteiger partial charge >= 0.3 is 6.18 Å². The molecule has 2 heterocycles. The number of hydrogen-bond acceptors (Lipinski definition) is 5. The van der Waals surface area contributed by atoms with E-state index in [4.69, 9.17) is 0 Å². The predicted octanol–water partition coefficient (Wildman–Crippen LogP) is 6.51. The maximum absolute atomic E-state index is 13.0. The summed E-state index contributed by atoms with van der Waals surface area (Å²) in [7, 11) is 0. The highest BCUT2D eigenvalue weighted by Gasteiger charge is 2.32. The molecule has 0 saturated carbocycles. The first-order valence-electron chi connectivity index (χ1n) is 14.6. The molecule has 3 aromatic carbocycles. The minimum atomic E-state index is -4.45. The predicted molar refractivity (Wildman–Crippen MR) is 164 cm³/mol. The van der Waals surface area contributed by atoms with Crippen LogP contribution in [0.1, 0.15) is 53.5 Å². The standard InChI is InChI=1S/C33H34F3N5O2S/c1-24-23-39(19-20-40(24)31(43)26-15-17-27(18-16-26)33(34,35)36)30(42)14-8-9-21-44-32-38-37-29(22-25-10-4-2-5-11-25)41(32)28-12-6-3-7-13-28/h2-7,10-13,15-18,24H,8-9,14,19-23H2,1H3. The molecule has 2 amide bonds. The molecule has 1 fully saturated rings. The van der Waals surface area contributed by atoms with E-state index in [-0.39, 0.29) is 23.4 Å². The van der Waals surface area contributed by atoms with Crippen molar-refractivity contribution in [3.63, 3.8) is 0 Å². The Balaban J connectivity index is 1.10. The molecule has 44 heavy (non-hydrogen) atoms. The fraction of sp³-hybridized carbons (Fsp3) is 0.333. The van der Waals surface area contributed by atoms with Crippen molar-refractivity contribution in [2.45, 2.75) is 50.0 Å². The van der Waals surface area contributed by atoms with Crippen molar-refractivity contribution >= 4 is 23.6 Å². The number of rotatable bonds is 10. The third kappa shape index (κ3) is 7.68. The van der Waals surface area contributed by atoms with Gasteiger partial charge in [0.2, 0.25) is 5.91 Å². The summed E-state index contributed by atoms with van der Waals surface area (Å²) in [6.45, 7) is 2.98. The summed E-state index contributed by atoms with van der Waals surface area (Å²) in [5.74, 6) is 1.37. The first kappa shape index (κ1) is 31.3. The molecule has 5 rings (SSSR count). The van der Waals surface area contributed by atoms with Crippen molar-refractivity contribution in [2.75, 3.05) is 25.4 Å². The van der Waals surface area contributed by atoms with Gasteiger partial charge in [0.25, 0.3) is 5.91 Å². The van der Waals surface area contributed by atoms with Crippen molar-refractivity contribution in [3.8, 4) is 5.69 Å². The fourth-order valence-electron chi connectivity index (χ4n) is 5.28. The number of carbonyl (C=O) groups is 2. The first-order chi connectivity index (χ1) is 21.2. The zero-order chi connectivity index (χ0) is 31.1. The Morgan fingerprint density at radius 1 is 0.886 bits per heavy atom. The molecule has 1 atom stereocenters. The van der Waals surface area contributed by atoms with Gasteiger partial charge in [0.05, 0.1) is 5.56 Å². The van der Waals surface area contributed by atoms with Crippen molar-refractivity contribution < 1.29 is 22.8 Å². The van der Waals surface area contributed by atoms with Crippen LogP contribution in [0.25, 0.3) is 5.69 Å². The molecule has 0 N–H and O–H groups in total. The van der Waals surface area contributed by atoms with E-state index in [0.29, 0.717) is 32.5 Å². The van der Waals surface area contributed by atoms with Gasteiger partial charge in [-0.2, -0.15) is 13.2 Å². The van der Waals surface area contributed by atoms with Crippen LogP contribution in [0.2, 0.25) is 0 Å². The molecule has 1 unspecified atom stereocenters. The van der Waals surface area contributed by atoms with Crippen LogP contribution in [0.5, 0.6) is 0 Å². The number of alkyl halides is 3. The molecule has 4 aromatic rings. The minimum Gasteiger partial charge on any atom is -0.339 e. The van der Waals surface area contributed by atoms with Gasteiger partial charge in [-0.05, 0) is 61.7 Å². The average molecular weight is 622 g/mol. The SMILES string of the molecule is CC1CN(C(=O)CCCCSc2nnc(Cc3ccccc3)n2-c2ccccc2)CCN1C(=O)c1ccc(C(F)(F)F)cc1. The van der Waals surface area contributed by atoms with E-state index in [9.17, 15) is 22.8 Å². The summed E-state index contributed by atoms with van der Waals surface area (Å²) >= 11 is 1.62. The molecule has 0 spiro atoms. The van der Waals surface area contributed by atoms with E-state index in [2.05, 4.69) is 26.9 Å². The molecule has 0 radical (unpaired) electrons. The number of thioether (sulfide) groups is 1. The number of carbonyl (C=O) groups excluding carboxylic acids is 2. The number of piperazine rings is 1. The number of nitrogens with zero attached hydrogens (tertiary/aromatic N) is 5. The lowest BCUT2D eigenvalue weighted by molar-refractivity contribution is -0.137. The second-order valence-electron chi connectivity index (χ2n) is 10.8. The van der Waals surface area contributed by atoms with Crippen molar-refractivity contribution in [1.82, 2.24) is 24.6 Å². The Morgan fingerprint density at radius 2 is 1.57 bits per heavy atom. The first-order valence-corrected chi connectivity index (χ1v) is 15.6. The number of halogens is 3. The quantitative estimate of drug-likeness (QED) is 0.149. The van der Waals surface area contributed by atoms with Gasteiger partial charge in [0.15, 0.2) is 5.16 Å². The van der Waals surface area contributed by atoms with Crippen LogP contribution in [0.4, 0.5) is 13.2 Å². The van der Waals surface area contributed by atoms with Gasteiger partial charge in [0.1, 0.15) is 5.82 Å². The summed E-state index contributed by atoms with van der Waals surface area (Å²) in [5.41, 5.74) is 1.58. The molecule has 0 aliphatic carbocycles. The van der Waals surface area contributed by atoms with Gasteiger partial charge in [0, 0.05) is 55.5 Å². The maximum Gasteiger partial charge on any atom is 0.416 e. The molecule has 230 valence electrons. The number of unbranched alkanes of at least 4 members (excludes halogenated alkanes) is 1. The van der Waals surface area contributed by atoms with Crippen LogP contribution in [-0.4, -0.2) is 67.8 Å². The normalized spacial score (nSPS) is 15.4. The molecule has 0 bridgehead atoms. The van der Waals surface area contributed by atoms with Gasteiger partial charge in [-0.1, -0.05) is 60.3 Å². The third-order valence-corrected chi connectivity index (χ3v) is 8.65. The monoisotopic (exact) mass is 621 g/mol. The number of hydrogen-bond donors (Lipinski definition) is 0. The number of para-hydroxylation sites is 1. The maximum atomic E-state index is 13.0. The summed E-state index contributed by atoms with van der Waals surface area (Å²) in [6.07, 6.45) is -1.83. The summed E-state index contributed by atoms with van der Waals surface area (Å²) in [6, 6.07) is 24.2. The third-order valence-electron chi connectivity index (χ3n) is 7.64. The number of aromatic nitrogens is 3. The number of amides is 2. The molecule has 1 saturated heterocycles. The highest BCUT2D eigenvalue weighted by Crippen LogP contribution is 2.29. The average Bonchev–Trinajstić information content (AvgIpc) is 3.42. The van der Waals surface area contributed by atoms with E-state index >= 15 is 0 Å². The Morgan fingerprint density at radius 3 is 2.23 bits per heavy atom. The number of benzene rings is 3. The Hall–Kier alpha value is -4.12. The van der Waals surface area contributed by atoms with Crippen LogP contribution in [-0.2, 0) is 17.4 Å². The van der Waals surface area contributed by atoms with Crippen LogP contribution in [0, 0.1) is 0 Å². The van der Waals surface area contributed by atoms with Crippen molar-refractivity contribution in [1.29, 1.82) is 0 Å². The lowest BCUT2D eigenvalue weighted by atomic mass is 10.1. The fourth-order valence-corrected chi connectivity index (χ4v) is 6.25. The zero-order valence-corrected chi connectivity index (χ0v) is 25.2. The summed E-state index contributed by atoms with van der Waals surface area (Å²) < 4.78 is 40.7. The molecule has 7 nitrogen and oxygen atoms in total. The van der Waals surface area contributed by atoms with E-state index in [0.717, 1.165) is 53.0 Å². The molecular weight excluding hydrogens is 587 g/mol. The van der Waals surface area contributed by atoms with Crippen LogP contribution >= 0.6 is 11.8 Å². The van der Waals surface area contributed by atoms with Gasteiger partial charge in [-0.15, -0.1) is 10.2 Å². The van der Waals surface area contributed by atoms with Crippen LogP contribution in [0.15, 0.2) is 90.1 Å². The summed E-state index contributed by atoms with van der Waals surface area (Å²) in [4.78, 5) is 29.3. The highest BCUT2D eigenvalue weighted by molar-refractivity contribution is 7.99. The molecular formula is C33H34F3N5O2S. The Labute approximate surface area is 259 Å². The lowest BCUT2D eigenvalue weighted by Crippen LogP contribution is -2.55. The lowest BCUT2D eigenvalue weighted by Gasteiger charge is -2.40. The molecule has 1 aromatic heterocycles. The van der Waals surface area contributed by atoms with E-state index in [1.807, 2.05) is 55.5 Å². The van der Waals surface area contributed by atoms with E-state index < -0.39 is 11.7 Å². The largest absolute Gasteiger partial charge is 0.416 e. The van der Waals surface area contributed by atoms with Crippen LogP contribution in [0.3, 0.4) is 0 Å². The molecule has 11 heteroatoms. The smallest absolute Gasteiger partial charge is 0.339 e. The Bertz CT molecular complexity index is 1550. The topological polar surface area (TPSA) is 71.3 Å². The highest BCUT2D eigenvalue weighted by atomic mass is 32.2. The Kier molecular flexibility index (Phi) is 10.0. The minimum absolute atomic E-state index is 0.0427. The van der Waals surface area contributed by atoms with Gasteiger partial charge in [-0.3, -0.25) is 14.2 Å². The van der Waals surface area contributed by atoms with E-state index in [1.165, 1.54) is 12.1 Å². The summed E-state index contributed by atoms with van der Waals surface area (Å²) in [5, 5.41) is 9.79. The van der Waals surface area contributed by atoms with Crippen LogP contribution < -0.4 is 0 Å². The second-order valence-corrected chi connectivity index (χ2v) is 11.9. The van der Waals surface area contributed by atoms with Crippen molar-refractivity contribution in [3.05, 3.63) is 107 Å². The molecule has 1 aliphatic heterocycles.